The summed E-state index contributed by atoms with van der Waals surface area (Å²) in [6, 6.07) is 4.92. The van der Waals surface area contributed by atoms with Crippen molar-refractivity contribution in [3.05, 3.63) is 39.9 Å². The van der Waals surface area contributed by atoms with Gasteiger partial charge in [-0.1, -0.05) is 30.5 Å². The molecule has 126 valence electrons. The average Bonchev–Trinajstić information content (AvgIpc) is 3.02. The van der Waals surface area contributed by atoms with E-state index in [1.807, 2.05) is 0 Å². The van der Waals surface area contributed by atoms with Gasteiger partial charge in [-0.25, -0.2) is 0 Å². The summed E-state index contributed by atoms with van der Waals surface area (Å²) in [6.45, 7) is -0.627. The van der Waals surface area contributed by atoms with Crippen LogP contribution < -0.4 is 5.32 Å². The zero-order valence-electron chi connectivity index (χ0n) is 12.8. The SMILES string of the molecule is O=C(O)CNC(=O)C1=C(O)c2cc(Cl)ccc2C2(CCCC2)C1=O. The summed E-state index contributed by atoms with van der Waals surface area (Å²) < 4.78 is 0. The largest absolute Gasteiger partial charge is 0.506 e. The number of nitrogens with one attached hydrogen (secondary N) is 1. The number of fused-ring (bicyclic) bond motifs is 2. The lowest BCUT2D eigenvalue weighted by molar-refractivity contribution is -0.138. The second kappa shape index (κ2) is 5.94. The molecule has 2 aliphatic rings. The lowest BCUT2D eigenvalue weighted by Gasteiger charge is -2.34. The summed E-state index contributed by atoms with van der Waals surface area (Å²) in [5.41, 5.74) is -0.179. The number of aliphatic carboxylic acids is 1. The summed E-state index contributed by atoms with van der Waals surface area (Å²) in [6.07, 6.45) is 2.87. The first-order valence-electron chi connectivity index (χ1n) is 7.65. The molecule has 0 unspecified atom stereocenters. The van der Waals surface area contributed by atoms with Crippen LogP contribution >= 0.6 is 11.6 Å². The Morgan fingerprint density at radius 3 is 2.54 bits per heavy atom. The second-order valence-electron chi connectivity index (χ2n) is 6.11. The molecule has 3 rings (SSSR count). The molecular formula is C17H16ClNO5. The summed E-state index contributed by atoms with van der Waals surface area (Å²) in [4.78, 5) is 36.0. The van der Waals surface area contributed by atoms with Gasteiger partial charge >= 0.3 is 5.97 Å². The number of amides is 1. The number of hydrogen-bond donors (Lipinski definition) is 3. The number of benzene rings is 1. The fraction of sp³-hybridized carbons (Fsp3) is 0.353. The number of ketones is 1. The molecule has 0 heterocycles. The van der Waals surface area contributed by atoms with E-state index in [1.165, 1.54) is 6.07 Å². The Balaban J connectivity index is 2.14. The van der Waals surface area contributed by atoms with Gasteiger partial charge in [0.1, 0.15) is 17.9 Å². The first-order chi connectivity index (χ1) is 11.4. The van der Waals surface area contributed by atoms with Gasteiger partial charge in [-0.2, -0.15) is 0 Å². The van der Waals surface area contributed by atoms with Gasteiger partial charge in [0, 0.05) is 10.6 Å². The molecule has 0 aromatic heterocycles. The van der Waals surface area contributed by atoms with E-state index >= 15 is 0 Å². The number of Topliss-reactive ketones (excluding diaryl/α,β-unsaturated/α-hetero) is 1. The highest BCUT2D eigenvalue weighted by atomic mass is 35.5. The highest BCUT2D eigenvalue weighted by molar-refractivity contribution is 6.32. The fourth-order valence-corrected chi connectivity index (χ4v) is 3.84. The maximum absolute atomic E-state index is 13.0. The third-order valence-corrected chi connectivity index (χ3v) is 4.97. The molecule has 0 saturated heterocycles. The Labute approximate surface area is 143 Å². The number of rotatable bonds is 3. The number of carbonyl (C=O) groups is 3. The molecule has 1 aromatic rings. The third kappa shape index (κ3) is 2.47. The number of hydrogen-bond acceptors (Lipinski definition) is 4. The van der Waals surface area contributed by atoms with Crippen molar-refractivity contribution in [1.82, 2.24) is 5.32 Å². The Bertz CT molecular complexity index is 777. The maximum Gasteiger partial charge on any atom is 0.322 e. The summed E-state index contributed by atoms with van der Waals surface area (Å²) in [7, 11) is 0. The summed E-state index contributed by atoms with van der Waals surface area (Å²) in [5, 5.41) is 21.7. The molecule has 6 nitrogen and oxygen atoms in total. The number of carboxylic acid groups (broad SMARTS) is 1. The van der Waals surface area contributed by atoms with Crippen LogP contribution in [0.15, 0.2) is 23.8 Å². The Kier molecular flexibility index (Phi) is 4.09. The van der Waals surface area contributed by atoms with Crippen molar-refractivity contribution >= 4 is 35.0 Å². The molecule has 2 aliphatic carbocycles. The summed E-state index contributed by atoms with van der Waals surface area (Å²) in [5.74, 6) is -3.00. The minimum Gasteiger partial charge on any atom is -0.506 e. The van der Waals surface area contributed by atoms with E-state index in [0.717, 1.165) is 12.8 Å². The zero-order valence-corrected chi connectivity index (χ0v) is 13.5. The predicted octanol–water partition coefficient (Wildman–Crippen LogP) is 2.20. The van der Waals surface area contributed by atoms with Crippen molar-refractivity contribution in [3.8, 4) is 0 Å². The van der Waals surface area contributed by atoms with Crippen LogP contribution in [-0.4, -0.2) is 34.4 Å². The maximum atomic E-state index is 13.0. The van der Waals surface area contributed by atoms with Gasteiger partial charge in [-0.15, -0.1) is 0 Å². The second-order valence-corrected chi connectivity index (χ2v) is 6.54. The van der Waals surface area contributed by atoms with E-state index in [-0.39, 0.29) is 5.57 Å². The van der Waals surface area contributed by atoms with E-state index in [9.17, 15) is 19.5 Å². The third-order valence-electron chi connectivity index (χ3n) is 4.74. The number of carboxylic acids is 1. The molecule has 1 spiro atoms. The molecule has 0 aliphatic heterocycles. The van der Waals surface area contributed by atoms with E-state index in [0.29, 0.717) is 29.0 Å². The van der Waals surface area contributed by atoms with Gasteiger partial charge < -0.3 is 15.5 Å². The van der Waals surface area contributed by atoms with Crippen LogP contribution in [0.5, 0.6) is 0 Å². The molecule has 1 saturated carbocycles. The topological polar surface area (TPSA) is 104 Å². The lowest BCUT2D eigenvalue weighted by Crippen LogP contribution is -2.44. The molecule has 1 aromatic carbocycles. The molecule has 1 amide bonds. The van der Waals surface area contributed by atoms with Crippen molar-refractivity contribution in [2.24, 2.45) is 0 Å². The smallest absolute Gasteiger partial charge is 0.322 e. The van der Waals surface area contributed by atoms with Gasteiger partial charge in [-0.05, 0) is 30.5 Å². The highest BCUT2D eigenvalue weighted by Crippen LogP contribution is 2.49. The average molecular weight is 350 g/mol. The van der Waals surface area contributed by atoms with Crippen LogP contribution in [0.1, 0.15) is 36.8 Å². The molecule has 1 fully saturated rings. The van der Waals surface area contributed by atoms with Crippen molar-refractivity contribution in [2.45, 2.75) is 31.1 Å². The quantitative estimate of drug-likeness (QED) is 0.726. The van der Waals surface area contributed by atoms with Crippen LogP contribution in [0.3, 0.4) is 0 Å². The molecular weight excluding hydrogens is 334 g/mol. The summed E-state index contributed by atoms with van der Waals surface area (Å²) >= 11 is 6.01. The Morgan fingerprint density at radius 2 is 1.92 bits per heavy atom. The number of halogens is 1. The van der Waals surface area contributed by atoms with Crippen LogP contribution in [-0.2, 0) is 19.8 Å². The zero-order chi connectivity index (χ0) is 17.5. The van der Waals surface area contributed by atoms with Crippen LogP contribution in [0.4, 0.5) is 0 Å². The van der Waals surface area contributed by atoms with Crippen molar-refractivity contribution < 1.29 is 24.6 Å². The predicted molar refractivity (Wildman–Crippen MR) is 86.8 cm³/mol. The minimum atomic E-state index is -1.23. The lowest BCUT2D eigenvalue weighted by atomic mass is 9.67. The number of carbonyl (C=O) groups excluding carboxylic acids is 2. The van der Waals surface area contributed by atoms with E-state index in [2.05, 4.69) is 5.32 Å². The molecule has 7 heteroatoms. The molecule has 0 radical (unpaired) electrons. The van der Waals surface area contributed by atoms with Crippen molar-refractivity contribution in [1.29, 1.82) is 0 Å². The van der Waals surface area contributed by atoms with E-state index < -0.39 is 35.4 Å². The van der Waals surface area contributed by atoms with E-state index in [1.54, 1.807) is 12.1 Å². The van der Waals surface area contributed by atoms with Crippen LogP contribution in [0.25, 0.3) is 5.76 Å². The number of aliphatic hydroxyl groups is 1. The Hall–Kier alpha value is -2.34. The Morgan fingerprint density at radius 1 is 1.25 bits per heavy atom. The molecule has 0 bridgehead atoms. The number of aliphatic hydroxyl groups excluding tert-OH is 1. The highest BCUT2D eigenvalue weighted by Gasteiger charge is 2.50. The van der Waals surface area contributed by atoms with Crippen molar-refractivity contribution in [2.75, 3.05) is 6.54 Å². The molecule has 3 N–H and O–H groups in total. The van der Waals surface area contributed by atoms with Crippen molar-refractivity contribution in [3.63, 3.8) is 0 Å². The van der Waals surface area contributed by atoms with Crippen LogP contribution in [0, 0.1) is 0 Å². The van der Waals surface area contributed by atoms with Crippen LogP contribution in [0.2, 0.25) is 5.02 Å². The monoisotopic (exact) mass is 349 g/mol. The normalized spacial score (nSPS) is 18.6. The minimum absolute atomic E-state index is 0.365. The molecule has 0 atom stereocenters. The molecule has 24 heavy (non-hydrogen) atoms. The first-order valence-corrected chi connectivity index (χ1v) is 8.03. The van der Waals surface area contributed by atoms with Gasteiger partial charge in [0.15, 0.2) is 5.78 Å². The van der Waals surface area contributed by atoms with Gasteiger partial charge in [0.2, 0.25) is 0 Å². The van der Waals surface area contributed by atoms with Gasteiger partial charge in [-0.3, -0.25) is 14.4 Å². The van der Waals surface area contributed by atoms with Gasteiger partial charge in [0.05, 0.1) is 5.41 Å². The standard InChI is InChI=1S/C17H16ClNO5/c18-9-3-4-11-10(7-9)14(22)13(16(24)19-8-12(20)21)15(23)17(11)5-1-2-6-17/h3-4,7,22H,1-2,5-6,8H2,(H,19,24)(H,20,21). The first kappa shape index (κ1) is 16.5. The van der Waals surface area contributed by atoms with Gasteiger partial charge in [0.25, 0.3) is 5.91 Å². The fourth-order valence-electron chi connectivity index (χ4n) is 3.66. The van der Waals surface area contributed by atoms with E-state index in [4.69, 9.17) is 16.7 Å².